The lowest BCUT2D eigenvalue weighted by Gasteiger charge is -2.08. The minimum absolute atomic E-state index is 0.738. The van der Waals surface area contributed by atoms with E-state index in [-0.39, 0.29) is 0 Å². The second-order valence-electron chi connectivity index (χ2n) is 5.61. The molecule has 110 valence electrons. The molecule has 1 N–H and O–H groups in total. The van der Waals surface area contributed by atoms with Crippen molar-refractivity contribution >= 4 is 16.9 Å². The van der Waals surface area contributed by atoms with Crippen LogP contribution in [0.15, 0.2) is 60.9 Å². The van der Waals surface area contributed by atoms with Gasteiger partial charge in [0.2, 0.25) is 0 Å². The summed E-state index contributed by atoms with van der Waals surface area (Å²) in [4.78, 5) is 9.16. The fourth-order valence-electron chi connectivity index (χ4n) is 2.72. The van der Waals surface area contributed by atoms with E-state index in [4.69, 9.17) is 0 Å². The van der Waals surface area contributed by atoms with Gasteiger partial charge in [-0.25, -0.2) is 9.67 Å². The van der Waals surface area contributed by atoms with Gasteiger partial charge in [0.05, 0.1) is 17.2 Å². The molecule has 0 fully saturated rings. The Kier molecular flexibility index (Phi) is 2.49. The minimum Gasteiger partial charge on any atom is -0.365 e. The van der Waals surface area contributed by atoms with Crippen LogP contribution in [0.5, 0.6) is 0 Å². The van der Waals surface area contributed by atoms with Crippen molar-refractivity contribution in [2.45, 2.75) is 6.54 Å². The first-order chi connectivity index (χ1) is 11.4. The highest BCUT2D eigenvalue weighted by Gasteiger charge is 2.24. The summed E-state index contributed by atoms with van der Waals surface area (Å²) in [6, 6.07) is 16.4. The normalized spacial score (nSPS) is 11.7. The zero-order valence-corrected chi connectivity index (χ0v) is 12.3. The summed E-state index contributed by atoms with van der Waals surface area (Å²) < 4.78 is 1.88. The summed E-state index contributed by atoms with van der Waals surface area (Å²) in [5.41, 5.74) is 5.33. The molecule has 0 saturated heterocycles. The van der Waals surface area contributed by atoms with Gasteiger partial charge in [0.25, 0.3) is 0 Å². The van der Waals surface area contributed by atoms with Gasteiger partial charge in [0.15, 0.2) is 5.82 Å². The standard InChI is InChI=1S/C18H13N5/c1-2-4-12(5-3-1)9-20-17-10-19-16-8-13(6-7-15(16)21-17)14-11-23-18(14)22-23/h1-8,10-11H,9H2,(H,20,21). The van der Waals surface area contributed by atoms with Gasteiger partial charge < -0.3 is 5.32 Å². The topological polar surface area (TPSA) is 55.6 Å². The first-order valence-electron chi connectivity index (χ1n) is 7.52. The van der Waals surface area contributed by atoms with Gasteiger partial charge in [-0.15, -0.1) is 5.10 Å². The van der Waals surface area contributed by atoms with E-state index in [0.29, 0.717) is 0 Å². The lowest BCUT2D eigenvalue weighted by Crippen LogP contribution is -2.02. The van der Waals surface area contributed by atoms with Crippen LogP contribution in [-0.2, 0) is 6.54 Å². The van der Waals surface area contributed by atoms with Crippen molar-refractivity contribution in [3.8, 4) is 16.9 Å². The van der Waals surface area contributed by atoms with Crippen LogP contribution < -0.4 is 5.32 Å². The van der Waals surface area contributed by atoms with E-state index in [9.17, 15) is 0 Å². The van der Waals surface area contributed by atoms with E-state index in [1.807, 2.05) is 35.1 Å². The molecule has 0 bridgehead atoms. The van der Waals surface area contributed by atoms with E-state index in [0.717, 1.165) is 34.8 Å². The number of nitrogens with zero attached hydrogens (tertiary/aromatic N) is 4. The van der Waals surface area contributed by atoms with E-state index < -0.39 is 0 Å². The van der Waals surface area contributed by atoms with Crippen LogP contribution in [0, 0.1) is 0 Å². The molecule has 0 saturated carbocycles. The molecule has 23 heavy (non-hydrogen) atoms. The smallest absolute Gasteiger partial charge is 0.183 e. The molecule has 3 aromatic rings. The number of fused-ring (bicyclic) bond motifs is 2. The maximum Gasteiger partial charge on any atom is 0.183 e. The van der Waals surface area contributed by atoms with Gasteiger partial charge in [0, 0.05) is 18.3 Å². The van der Waals surface area contributed by atoms with Crippen LogP contribution in [0.25, 0.3) is 28.0 Å². The molecule has 2 aromatic carbocycles. The van der Waals surface area contributed by atoms with Crippen molar-refractivity contribution < 1.29 is 0 Å². The number of hydrogen-bond acceptors (Lipinski definition) is 4. The van der Waals surface area contributed by atoms with E-state index >= 15 is 0 Å². The van der Waals surface area contributed by atoms with Crippen molar-refractivity contribution in [3.05, 3.63) is 66.5 Å². The van der Waals surface area contributed by atoms with Crippen molar-refractivity contribution in [2.24, 2.45) is 0 Å². The van der Waals surface area contributed by atoms with Gasteiger partial charge in [-0.2, -0.15) is 0 Å². The molecule has 5 nitrogen and oxygen atoms in total. The molecule has 0 atom stereocenters. The molecular formula is C18H13N5. The third-order valence-corrected chi connectivity index (χ3v) is 4.04. The zero-order valence-electron chi connectivity index (χ0n) is 12.3. The molecule has 0 radical (unpaired) electrons. The molecule has 2 aliphatic rings. The Hall–Kier alpha value is -3.21. The van der Waals surface area contributed by atoms with Crippen LogP contribution in [0.3, 0.4) is 0 Å². The number of aromatic nitrogens is 4. The van der Waals surface area contributed by atoms with Crippen LogP contribution in [0.4, 0.5) is 5.82 Å². The molecule has 0 aliphatic carbocycles. The van der Waals surface area contributed by atoms with E-state index in [1.165, 1.54) is 11.1 Å². The van der Waals surface area contributed by atoms with Gasteiger partial charge in [-0.3, -0.25) is 4.98 Å². The highest BCUT2D eigenvalue weighted by atomic mass is 15.5. The molecule has 0 spiro atoms. The number of hydrogen-bond donors (Lipinski definition) is 1. The third kappa shape index (κ3) is 2.14. The Morgan fingerprint density at radius 1 is 1.00 bits per heavy atom. The van der Waals surface area contributed by atoms with Crippen molar-refractivity contribution in [1.82, 2.24) is 19.7 Å². The number of anilines is 1. The maximum atomic E-state index is 4.63. The highest BCUT2D eigenvalue weighted by molar-refractivity contribution is 5.85. The molecule has 0 amide bonds. The summed E-state index contributed by atoms with van der Waals surface area (Å²) >= 11 is 0. The fourth-order valence-corrected chi connectivity index (χ4v) is 2.72. The molecule has 0 unspecified atom stereocenters. The van der Waals surface area contributed by atoms with E-state index in [1.54, 1.807) is 6.20 Å². The van der Waals surface area contributed by atoms with Crippen molar-refractivity contribution in [3.63, 3.8) is 0 Å². The van der Waals surface area contributed by atoms with Crippen LogP contribution in [0.1, 0.15) is 5.56 Å². The Balaban J connectivity index is 1.40. The van der Waals surface area contributed by atoms with E-state index in [2.05, 4.69) is 44.6 Å². The Morgan fingerprint density at radius 2 is 1.91 bits per heavy atom. The zero-order chi connectivity index (χ0) is 15.2. The minimum atomic E-state index is 0.738. The summed E-state index contributed by atoms with van der Waals surface area (Å²) in [6.45, 7) is 0.738. The first-order valence-corrected chi connectivity index (χ1v) is 7.52. The Morgan fingerprint density at radius 3 is 2.70 bits per heavy atom. The van der Waals surface area contributed by atoms with Gasteiger partial charge in [-0.1, -0.05) is 36.4 Å². The summed E-state index contributed by atoms with van der Waals surface area (Å²) in [5, 5.41) is 7.50. The van der Waals surface area contributed by atoms with Crippen LogP contribution in [-0.4, -0.2) is 19.7 Å². The lowest BCUT2D eigenvalue weighted by molar-refractivity contribution is 1.11. The molecule has 5 rings (SSSR count). The molecular weight excluding hydrogens is 286 g/mol. The Labute approximate surface area is 132 Å². The van der Waals surface area contributed by atoms with Crippen molar-refractivity contribution in [2.75, 3.05) is 5.32 Å². The van der Waals surface area contributed by atoms with Crippen LogP contribution in [0.2, 0.25) is 0 Å². The summed E-state index contributed by atoms with van der Waals surface area (Å²) in [5.74, 6) is 1.85. The number of nitrogens with one attached hydrogen (secondary N) is 1. The average molecular weight is 299 g/mol. The lowest BCUT2D eigenvalue weighted by atomic mass is 10.1. The fraction of sp³-hybridized carbons (Fsp3) is 0.0556. The quantitative estimate of drug-likeness (QED) is 0.552. The van der Waals surface area contributed by atoms with Crippen LogP contribution >= 0.6 is 0 Å². The second kappa shape index (κ2) is 4.64. The predicted octanol–water partition coefficient (Wildman–Crippen LogP) is 3.41. The third-order valence-electron chi connectivity index (χ3n) is 4.04. The second-order valence-corrected chi connectivity index (χ2v) is 5.61. The molecule has 2 aliphatic heterocycles. The molecule has 1 aromatic heterocycles. The SMILES string of the molecule is c1ccc(CNc2cnc3cc(-c4cn5nc4-5)ccc3n2)cc1. The first kappa shape index (κ1) is 12.3. The number of benzene rings is 2. The van der Waals surface area contributed by atoms with Gasteiger partial charge in [-0.05, 0) is 23.3 Å². The molecule has 5 heteroatoms. The average Bonchev–Trinajstić information content (AvgIpc) is 3.23. The predicted molar refractivity (Wildman–Crippen MR) is 89.4 cm³/mol. The van der Waals surface area contributed by atoms with Gasteiger partial charge >= 0.3 is 0 Å². The summed E-state index contributed by atoms with van der Waals surface area (Å²) in [7, 11) is 0. The summed E-state index contributed by atoms with van der Waals surface area (Å²) in [6.07, 6.45) is 3.81. The number of rotatable bonds is 4. The largest absolute Gasteiger partial charge is 0.365 e. The van der Waals surface area contributed by atoms with Crippen molar-refractivity contribution in [1.29, 1.82) is 0 Å². The Bertz CT molecular complexity index is 1020. The highest BCUT2D eigenvalue weighted by Crippen LogP contribution is 2.35. The van der Waals surface area contributed by atoms with Gasteiger partial charge in [0.1, 0.15) is 5.82 Å². The monoisotopic (exact) mass is 299 g/mol. The maximum absolute atomic E-state index is 4.63. The molecule has 3 heterocycles.